The molecular formula is C21H21ClN4O4S. The molecule has 0 fully saturated rings. The molecule has 0 saturated heterocycles. The van der Waals surface area contributed by atoms with E-state index in [0.717, 1.165) is 5.56 Å². The Hall–Kier alpha value is -3.01. The minimum absolute atomic E-state index is 0.0617. The maximum atomic E-state index is 12.9. The van der Waals surface area contributed by atoms with Crippen LogP contribution in [0.3, 0.4) is 0 Å². The Kier molecular flexibility index (Phi) is 7.21. The zero-order valence-corrected chi connectivity index (χ0v) is 18.5. The molecule has 0 saturated carbocycles. The summed E-state index contributed by atoms with van der Waals surface area (Å²) < 4.78 is 33.5. The summed E-state index contributed by atoms with van der Waals surface area (Å²) in [5.74, 6) is 0.288. The van der Waals surface area contributed by atoms with E-state index in [-0.39, 0.29) is 29.3 Å². The number of sulfonamides is 1. The zero-order chi connectivity index (χ0) is 22.4. The Morgan fingerprint density at radius 3 is 2.52 bits per heavy atom. The van der Waals surface area contributed by atoms with Crippen molar-refractivity contribution in [2.75, 3.05) is 7.11 Å². The monoisotopic (exact) mass is 460 g/mol. The number of nitrogens with one attached hydrogen (secondary N) is 2. The third-order valence-corrected chi connectivity index (χ3v) is 6.03. The first-order valence-corrected chi connectivity index (χ1v) is 11.1. The van der Waals surface area contributed by atoms with Crippen LogP contribution in [0, 0.1) is 6.92 Å². The van der Waals surface area contributed by atoms with Crippen LogP contribution >= 0.6 is 11.6 Å². The molecule has 8 nitrogen and oxygen atoms in total. The molecule has 0 spiro atoms. The van der Waals surface area contributed by atoms with Gasteiger partial charge in [0, 0.05) is 23.3 Å². The minimum Gasteiger partial charge on any atom is -0.495 e. The average molecular weight is 461 g/mol. The molecule has 1 heterocycles. The largest absolute Gasteiger partial charge is 0.495 e. The van der Waals surface area contributed by atoms with Gasteiger partial charge in [0.05, 0.1) is 19.3 Å². The third kappa shape index (κ3) is 6.00. The van der Waals surface area contributed by atoms with Crippen LogP contribution in [0.25, 0.3) is 0 Å². The number of amides is 1. The second-order valence-electron chi connectivity index (χ2n) is 6.59. The van der Waals surface area contributed by atoms with E-state index in [2.05, 4.69) is 20.0 Å². The number of nitrogens with zero attached hydrogens (tertiary/aromatic N) is 2. The van der Waals surface area contributed by atoms with E-state index in [1.54, 1.807) is 43.5 Å². The number of hydrogen-bond donors (Lipinski definition) is 2. The molecular weight excluding hydrogens is 440 g/mol. The van der Waals surface area contributed by atoms with Crippen LogP contribution in [0.4, 0.5) is 0 Å². The minimum atomic E-state index is -3.95. The number of methoxy groups -OCH3 is 1. The molecule has 3 aromatic rings. The maximum Gasteiger partial charge on any atom is 0.251 e. The molecule has 0 unspecified atom stereocenters. The number of carbonyl (C=O) groups is 1. The van der Waals surface area contributed by atoms with Crippen molar-refractivity contribution in [1.29, 1.82) is 0 Å². The lowest BCUT2D eigenvalue weighted by Gasteiger charge is -2.13. The summed E-state index contributed by atoms with van der Waals surface area (Å²) in [6, 6.07) is 12.7. The maximum absolute atomic E-state index is 12.9. The van der Waals surface area contributed by atoms with Crippen LogP contribution in [-0.2, 0) is 23.1 Å². The van der Waals surface area contributed by atoms with Gasteiger partial charge in [-0.15, -0.1) is 0 Å². The molecule has 10 heteroatoms. The molecule has 0 radical (unpaired) electrons. The van der Waals surface area contributed by atoms with E-state index >= 15 is 0 Å². The molecule has 0 aliphatic rings. The second-order valence-corrected chi connectivity index (χ2v) is 8.77. The molecule has 0 aliphatic heterocycles. The highest BCUT2D eigenvalue weighted by Crippen LogP contribution is 2.25. The highest BCUT2D eigenvalue weighted by molar-refractivity contribution is 7.89. The van der Waals surface area contributed by atoms with Gasteiger partial charge in [-0.2, -0.15) is 0 Å². The van der Waals surface area contributed by atoms with E-state index in [9.17, 15) is 13.2 Å². The summed E-state index contributed by atoms with van der Waals surface area (Å²) >= 11 is 5.86. The number of benzene rings is 2. The first kappa shape index (κ1) is 22.7. The lowest BCUT2D eigenvalue weighted by atomic mass is 10.2. The Morgan fingerprint density at radius 2 is 1.84 bits per heavy atom. The number of rotatable bonds is 8. The molecule has 0 atom stereocenters. The lowest BCUT2D eigenvalue weighted by molar-refractivity contribution is 0.0950. The van der Waals surface area contributed by atoms with Crippen molar-refractivity contribution in [3.8, 4) is 5.75 Å². The van der Waals surface area contributed by atoms with Gasteiger partial charge in [-0.3, -0.25) is 4.79 Å². The molecule has 0 bridgehead atoms. The van der Waals surface area contributed by atoms with E-state index in [0.29, 0.717) is 16.5 Å². The normalized spacial score (nSPS) is 11.2. The fourth-order valence-corrected chi connectivity index (χ4v) is 4.10. The SMILES string of the molecule is COc1ccc(C(=O)NCc2ccnc(C)n2)cc1S(=O)(=O)NCc1ccc(Cl)cc1. The van der Waals surface area contributed by atoms with Crippen LogP contribution in [0.1, 0.15) is 27.4 Å². The van der Waals surface area contributed by atoms with Crippen molar-refractivity contribution >= 4 is 27.5 Å². The predicted molar refractivity (Wildman–Crippen MR) is 116 cm³/mol. The number of aryl methyl sites for hydroxylation is 1. The second kappa shape index (κ2) is 9.86. The topological polar surface area (TPSA) is 110 Å². The standard InChI is InChI=1S/C21H21ClN4O4S/c1-14-23-10-9-18(26-14)13-24-21(27)16-5-8-19(30-2)20(11-16)31(28,29)25-12-15-3-6-17(22)7-4-15/h3-11,25H,12-13H2,1-2H3,(H,24,27). The number of hydrogen-bond acceptors (Lipinski definition) is 6. The van der Waals surface area contributed by atoms with E-state index < -0.39 is 15.9 Å². The summed E-state index contributed by atoms with van der Waals surface area (Å²) in [7, 11) is -2.58. The Labute approximate surface area is 185 Å². The summed E-state index contributed by atoms with van der Waals surface area (Å²) in [5, 5.41) is 3.28. The summed E-state index contributed by atoms with van der Waals surface area (Å²) in [5.41, 5.74) is 1.56. The smallest absolute Gasteiger partial charge is 0.251 e. The molecule has 31 heavy (non-hydrogen) atoms. The average Bonchev–Trinajstić information content (AvgIpc) is 2.76. The van der Waals surface area contributed by atoms with E-state index in [1.165, 1.54) is 25.3 Å². The van der Waals surface area contributed by atoms with E-state index in [4.69, 9.17) is 16.3 Å². The summed E-state index contributed by atoms with van der Waals surface area (Å²) in [6.07, 6.45) is 1.61. The summed E-state index contributed by atoms with van der Waals surface area (Å²) in [4.78, 5) is 20.7. The van der Waals surface area contributed by atoms with Gasteiger partial charge >= 0.3 is 0 Å². The Morgan fingerprint density at radius 1 is 1.10 bits per heavy atom. The number of halogens is 1. The lowest BCUT2D eigenvalue weighted by Crippen LogP contribution is -2.26. The van der Waals surface area contributed by atoms with Gasteiger partial charge in [0.2, 0.25) is 10.0 Å². The molecule has 0 aliphatic carbocycles. The molecule has 1 aromatic heterocycles. The van der Waals surface area contributed by atoms with Crippen molar-refractivity contribution in [2.45, 2.75) is 24.9 Å². The fraction of sp³-hybridized carbons (Fsp3) is 0.190. The van der Waals surface area contributed by atoms with Gasteiger partial charge in [-0.05, 0) is 48.9 Å². The highest BCUT2D eigenvalue weighted by Gasteiger charge is 2.21. The van der Waals surface area contributed by atoms with Crippen LogP contribution in [0.15, 0.2) is 59.6 Å². The summed E-state index contributed by atoms with van der Waals surface area (Å²) in [6.45, 7) is 2.00. The zero-order valence-electron chi connectivity index (χ0n) is 16.9. The molecule has 162 valence electrons. The van der Waals surface area contributed by atoms with Crippen LogP contribution < -0.4 is 14.8 Å². The van der Waals surface area contributed by atoms with Crippen molar-refractivity contribution in [1.82, 2.24) is 20.0 Å². The molecule has 3 rings (SSSR count). The van der Waals surface area contributed by atoms with Gasteiger partial charge in [0.1, 0.15) is 16.5 Å². The predicted octanol–water partition coefficient (Wildman–Crippen LogP) is 2.86. The van der Waals surface area contributed by atoms with Crippen molar-refractivity contribution in [2.24, 2.45) is 0 Å². The Bertz CT molecular complexity index is 1180. The first-order chi connectivity index (χ1) is 14.8. The van der Waals surface area contributed by atoms with Gasteiger partial charge in [0.25, 0.3) is 5.91 Å². The van der Waals surface area contributed by atoms with Gasteiger partial charge in [-0.25, -0.2) is 23.1 Å². The van der Waals surface area contributed by atoms with Gasteiger partial charge in [-0.1, -0.05) is 23.7 Å². The molecule has 2 N–H and O–H groups in total. The van der Waals surface area contributed by atoms with Crippen LogP contribution in [0.5, 0.6) is 5.75 Å². The number of aromatic nitrogens is 2. The highest BCUT2D eigenvalue weighted by atomic mass is 35.5. The van der Waals surface area contributed by atoms with Crippen LogP contribution in [0.2, 0.25) is 5.02 Å². The van der Waals surface area contributed by atoms with Gasteiger partial charge < -0.3 is 10.1 Å². The third-order valence-electron chi connectivity index (χ3n) is 4.36. The van der Waals surface area contributed by atoms with Crippen molar-refractivity contribution in [3.05, 3.63) is 82.4 Å². The number of ether oxygens (including phenoxy) is 1. The fourth-order valence-electron chi connectivity index (χ4n) is 2.76. The van der Waals surface area contributed by atoms with Crippen LogP contribution in [-0.4, -0.2) is 31.4 Å². The first-order valence-electron chi connectivity index (χ1n) is 9.27. The van der Waals surface area contributed by atoms with Gasteiger partial charge in [0.15, 0.2) is 0 Å². The molecule has 1 amide bonds. The Balaban J connectivity index is 1.77. The van der Waals surface area contributed by atoms with Crippen molar-refractivity contribution < 1.29 is 17.9 Å². The quantitative estimate of drug-likeness (QED) is 0.534. The number of carbonyl (C=O) groups excluding carboxylic acids is 1. The van der Waals surface area contributed by atoms with Crippen molar-refractivity contribution in [3.63, 3.8) is 0 Å². The van der Waals surface area contributed by atoms with E-state index in [1.807, 2.05) is 0 Å². The molecule has 2 aromatic carbocycles.